The summed E-state index contributed by atoms with van der Waals surface area (Å²) in [4.78, 5) is 11.6. The van der Waals surface area contributed by atoms with Crippen molar-refractivity contribution in [3.05, 3.63) is 77.1 Å². The number of hydrogen-bond donors (Lipinski definition) is 1. The van der Waals surface area contributed by atoms with E-state index in [0.717, 1.165) is 18.2 Å². The maximum Gasteiger partial charge on any atom is 0.416 e. The fourth-order valence-electron chi connectivity index (χ4n) is 1.89. The Morgan fingerprint density at radius 1 is 1.12 bits per heavy atom. The Kier molecular flexibility index (Phi) is 5.96. The Morgan fingerprint density at radius 2 is 1.88 bits per heavy atom. The summed E-state index contributed by atoms with van der Waals surface area (Å²) in [5, 5.41) is 2.44. The SMILES string of the molecule is O=C(/C=C/c1ccccc1F)NCC#Cc1cccc(C(F)(F)F)c1. The van der Waals surface area contributed by atoms with Crippen molar-refractivity contribution in [2.75, 3.05) is 6.54 Å². The number of nitrogens with one attached hydrogen (secondary N) is 1. The molecule has 0 unspecified atom stereocenters. The molecule has 6 heteroatoms. The summed E-state index contributed by atoms with van der Waals surface area (Å²) < 4.78 is 51.1. The van der Waals surface area contributed by atoms with Crippen LogP contribution in [0.4, 0.5) is 17.6 Å². The molecule has 0 aromatic heterocycles. The standard InChI is InChI=1S/C19H13F4NO/c20-17-9-2-1-7-15(17)10-11-18(25)24-12-4-6-14-5-3-8-16(13-14)19(21,22)23/h1-3,5,7-11,13H,12H2,(H,24,25)/b11-10+. The molecule has 128 valence electrons. The molecule has 1 N–H and O–H groups in total. The van der Waals surface area contributed by atoms with Gasteiger partial charge in [0.25, 0.3) is 0 Å². The van der Waals surface area contributed by atoms with Crippen LogP contribution in [0, 0.1) is 17.7 Å². The van der Waals surface area contributed by atoms with Crippen molar-refractivity contribution in [3.63, 3.8) is 0 Å². The Morgan fingerprint density at radius 3 is 2.60 bits per heavy atom. The van der Waals surface area contributed by atoms with Gasteiger partial charge in [-0.2, -0.15) is 13.2 Å². The van der Waals surface area contributed by atoms with Gasteiger partial charge in [-0.3, -0.25) is 4.79 Å². The van der Waals surface area contributed by atoms with Crippen LogP contribution in [0.15, 0.2) is 54.6 Å². The number of hydrogen-bond acceptors (Lipinski definition) is 1. The Balaban J connectivity index is 1.90. The average Bonchev–Trinajstić information content (AvgIpc) is 2.57. The zero-order chi connectivity index (χ0) is 18.3. The lowest BCUT2D eigenvalue weighted by Crippen LogP contribution is -2.20. The second kappa shape index (κ2) is 8.15. The second-order valence-corrected chi connectivity index (χ2v) is 4.95. The molecule has 25 heavy (non-hydrogen) atoms. The fraction of sp³-hybridized carbons (Fsp3) is 0.105. The van der Waals surface area contributed by atoms with Crippen LogP contribution in [0.2, 0.25) is 0 Å². The third-order valence-corrected chi connectivity index (χ3v) is 3.09. The molecule has 0 atom stereocenters. The van der Waals surface area contributed by atoms with Crippen molar-refractivity contribution in [1.29, 1.82) is 0 Å². The first kappa shape index (κ1) is 18.3. The van der Waals surface area contributed by atoms with Gasteiger partial charge < -0.3 is 5.32 Å². The largest absolute Gasteiger partial charge is 0.416 e. The highest BCUT2D eigenvalue weighted by atomic mass is 19.4. The van der Waals surface area contributed by atoms with Crippen LogP contribution < -0.4 is 5.32 Å². The predicted molar refractivity (Wildman–Crippen MR) is 86.8 cm³/mol. The van der Waals surface area contributed by atoms with Gasteiger partial charge in [-0.15, -0.1) is 0 Å². The lowest BCUT2D eigenvalue weighted by molar-refractivity contribution is -0.137. The lowest BCUT2D eigenvalue weighted by Gasteiger charge is -2.05. The monoisotopic (exact) mass is 347 g/mol. The van der Waals surface area contributed by atoms with Gasteiger partial charge in [0.1, 0.15) is 5.82 Å². The number of carbonyl (C=O) groups is 1. The molecule has 2 aromatic rings. The van der Waals surface area contributed by atoms with Crippen molar-refractivity contribution in [1.82, 2.24) is 5.32 Å². The summed E-state index contributed by atoms with van der Waals surface area (Å²) in [5.74, 6) is 4.18. The molecule has 0 aliphatic rings. The molecule has 2 nitrogen and oxygen atoms in total. The lowest BCUT2D eigenvalue weighted by atomic mass is 10.1. The van der Waals surface area contributed by atoms with E-state index in [2.05, 4.69) is 17.2 Å². The van der Waals surface area contributed by atoms with Crippen LogP contribution in [0.5, 0.6) is 0 Å². The van der Waals surface area contributed by atoms with E-state index in [1.165, 1.54) is 36.4 Å². The zero-order valence-corrected chi connectivity index (χ0v) is 12.9. The Labute approximate surface area is 142 Å². The van der Waals surface area contributed by atoms with Crippen LogP contribution in [-0.4, -0.2) is 12.5 Å². The van der Waals surface area contributed by atoms with Crippen LogP contribution in [0.25, 0.3) is 6.08 Å². The van der Waals surface area contributed by atoms with Gasteiger partial charge in [-0.05, 0) is 30.3 Å². The topological polar surface area (TPSA) is 29.1 Å². The van der Waals surface area contributed by atoms with E-state index in [0.29, 0.717) is 0 Å². The minimum Gasteiger partial charge on any atom is -0.342 e. The van der Waals surface area contributed by atoms with Crippen LogP contribution >= 0.6 is 0 Å². The Bertz CT molecular complexity index is 844. The summed E-state index contributed by atoms with van der Waals surface area (Å²) in [6.07, 6.45) is -1.95. The maximum atomic E-state index is 13.4. The minimum atomic E-state index is -4.43. The van der Waals surface area contributed by atoms with Crippen LogP contribution in [-0.2, 0) is 11.0 Å². The number of amides is 1. The molecule has 0 bridgehead atoms. The fourth-order valence-corrected chi connectivity index (χ4v) is 1.89. The summed E-state index contributed by atoms with van der Waals surface area (Å²) in [5.41, 5.74) is -0.310. The van der Waals surface area contributed by atoms with Crippen LogP contribution in [0.1, 0.15) is 16.7 Å². The molecule has 0 spiro atoms. The molecule has 0 saturated heterocycles. The molecule has 0 heterocycles. The van der Waals surface area contributed by atoms with Gasteiger partial charge in [0.15, 0.2) is 0 Å². The highest BCUT2D eigenvalue weighted by Crippen LogP contribution is 2.29. The van der Waals surface area contributed by atoms with Gasteiger partial charge >= 0.3 is 6.18 Å². The third kappa shape index (κ3) is 5.81. The molecular weight excluding hydrogens is 334 g/mol. The summed E-state index contributed by atoms with van der Waals surface area (Å²) in [6, 6.07) is 10.6. The molecule has 2 aromatic carbocycles. The van der Waals surface area contributed by atoms with Gasteiger partial charge in [0, 0.05) is 17.2 Å². The number of rotatable bonds is 3. The van der Waals surface area contributed by atoms with E-state index in [1.54, 1.807) is 6.07 Å². The van der Waals surface area contributed by atoms with E-state index in [1.807, 2.05) is 0 Å². The number of benzene rings is 2. The minimum absolute atomic E-state index is 0.0449. The predicted octanol–water partition coefficient (Wildman–Crippen LogP) is 4.03. The normalized spacial score (nSPS) is 11.0. The van der Waals surface area contributed by atoms with E-state index in [-0.39, 0.29) is 17.7 Å². The van der Waals surface area contributed by atoms with Gasteiger partial charge in [-0.25, -0.2) is 4.39 Å². The van der Waals surface area contributed by atoms with Crippen molar-refractivity contribution in [3.8, 4) is 11.8 Å². The molecule has 0 aliphatic heterocycles. The molecule has 0 fully saturated rings. The van der Waals surface area contributed by atoms with Crippen molar-refractivity contribution in [2.24, 2.45) is 0 Å². The molecule has 2 rings (SSSR count). The van der Waals surface area contributed by atoms with E-state index >= 15 is 0 Å². The first-order chi connectivity index (χ1) is 11.9. The maximum absolute atomic E-state index is 13.4. The first-order valence-corrected chi connectivity index (χ1v) is 7.23. The van der Waals surface area contributed by atoms with E-state index in [4.69, 9.17) is 0 Å². The first-order valence-electron chi connectivity index (χ1n) is 7.23. The van der Waals surface area contributed by atoms with Crippen molar-refractivity contribution in [2.45, 2.75) is 6.18 Å². The van der Waals surface area contributed by atoms with E-state index < -0.39 is 23.5 Å². The summed E-state index contributed by atoms with van der Waals surface area (Å²) in [6.45, 7) is -0.0449. The Hall–Kier alpha value is -3.07. The molecular formula is C19H13F4NO. The van der Waals surface area contributed by atoms with Crippen molar-refractivity contribution >= 4 is 12.0 Å². The summed E-state index contributed by atoms with van der Waals surface area (Å²) in [7, 11) is 0. The van der Waals surface area contributed by atoms with E-state index in [9.17, 15) is 22.4 Å². The molecule has 0 saturated carbocycles. The highest BCUT2D eigenvalue weighted by Gasteiger charge is 2.30. The number of halogens is 4. The van der Waals surface area contributed by atoms with Gasteiger partial charge in [0.2, 0.25) is 5.91 Å². The van der Waals surface area contributed by atoms with Gasteiger partial charge in [0.05, 0.1) is 12.1 Å². The third-order valence-electron chi connectivity index (χ3n) is 3.09. The quantitative estimate of drug-likeness (QED) is 0.507. The van der Waals surface area contributed by atoms with Crippen LogP contribution in [0.3, 0.4) is 0 Å². The summed E-state index contributed by atoms with van der Waals surface area (Å²) >= 11 is 0. The number of carbonyl (C=O) groups excluding carboxylic acids is 1. The van der Waals surface area contributed by atoms with Gasteiger partial charge in [-0.1, -0.05) is 36.1 Å². The molecule has 0 aliphatic carbocycles. The zero-order valence-electron chi connectivity index (χ0n) is 12.9. The molecule has 0 radical (unpaired) electrons. The molecule has 1 amide bonds. The van der Waals surface area contributed by atoms with Crippen molar-refractivity contribution < 1.29 is 22.4 Å². The highest BCUT2D eigenvalue weighted by molar-refractivity contribution is 5.91. The average molecular weight is 347 g/mol. The smallest absolute Gasteiger partial charge is 0.342 e. The number of alkyl halides is 3. The second-order valence-electron chi connectivity index (χ2n) is 4.95.